The molecule has 0 saturated heterocycles. The largest absolute Gasteiger partial charge is 0.308 e. The highest BCUT2D eigenvalue weighted by Crippen LogP contribution is 2.17. The van der Waals surface area contributed by atoms with E-state index in [1.165, 1.54) is 0 Å². The van der Waals surface area contributed by atoms with Gasteiger partial charge in [0.2, 0.25) is 0 Å². The van der Waals surface area contributed by atoms with E-state index < -0.39 is 0 Å². The molecule has 0 aliphatic carbocycles. The number of nitrogens with one attached hydrogen (secondary N) is 1. The summed E-state index contributed by atoms with van der Waals surface area (Å²) < 4.78 is 1.85. The Bertz CT molecular complexity index is 684. The molecule has 0 spiro atoms. The summed E-state index contributed by atoms with van der Waals surface area (Å²) in [4.78, 5) is 0. The molecule has 2 heterocycles. The Morgan fingerprint density at radius 1 is 1.31 bits per heavy atom. The van der Waals surface area contributed by atoms with Gasteiger partial charge in [-0.3, -0.25) is 5.10 Å². The first-order valence-electron chi connectivity index (χ1n) is 4.89. The second-order valence-electron chi connectivity index (χ2n) is 3.52. The first-order valence-corrected chi connectivity index (χ1v) is 4.89. The average Bonchev–Trinajstić information content (AvgIpc) is 2.96. The number of nitriles is 1. The molecule has 2 aromatic heterocycles. The second kappa shape index (κ2) is 3.24. The van der Waals surface area contributed by atoms with Crippen LogP contribution in [0.2, 0.25) is 0 Å². The number of benzene rings is 1. The minimum Gasteiger partial charge on any atom is -0.308 e. The maximum absolute atomic E-state index is 8.95. The van der Waals surface area contributed by atoms with Crippen molar-refractivity contribution in [1.82, 2.24) is 14.8 Å². The zero-order valence-corrected chi connectivity index (χ0v) is 8.38. The molecule has 0 atom stereocenters. The van der Waals surface area contributed by atoms with Gasteiger partial charge in [0.15, 0.2) is 0 Å². The first-order chi connectivity index (χ1) is 7.88. The van der Waals surface area contributed by atoms with Crippen LogP contribution in [0.3, 0.4) is 0 Å². The maximum Gasteiger partial charge on any atom is 0.124 e. The van der Waals surface area contributed by atoms with Crippen molar-refractivity contribution in [1.29, 1.82) is 5.26 Å². The van der Waals surface area contributed by atoms with Crippen molar-refractivity contribution in [3.63, 3.8) is 0 Å². The molecular weight excluding hydrogens is 200 g/mol. The highest BCUT2D eigenvalue weighted by atomic mass is 15.1. The molecule has 3 rings (SSSR count). The van der Waals surface area contributed by atoms with Crippen molar-refractivity contribution >= 4 is 10.9 Å². The van der Waals surface area contributed by atoms with Gasteiger partial charge >= 0.3 is 0 Å². The van der Waals surface area contributed by atoms with Crippen LogP contribution in [0, 0.1) is 11.3 Å². The van der Waals surface area contributed by atoms with Crippen LogP contribution < -0.4 is 0 Å². The third-order valence-corrected chi connectivity index (χ3v) is 2.57. The van der Waals surface area contributed by atoms with Crippen LogP contribution >= 0.6 is 0 Å². The minimum atomic E-state index is 0.624. The normalized spacial score (nSPS) is 10.4. The van der Waals surface area contributed by atoms with Gasteiger partial charge in [-0.05, 0) is 30.3 Å². The smallest absolute Gasteiger partial charge is 0.124 e. The Kier molecular flexibility index (Phi) is 1.77. The van der Waals surface area contributed by atoms with E-state index in [2.05, 4.69) is 16.3 Å². The van der Waals surface area contributed by atoms with Gasteiger partial charge < -0.3 is 4.57 Å². The van der Waals surface area contributed by atoms with Gasteiger partial charge in [-0.2, -0.15) is 10.4 Å². The van der Waals surface area contributed by atoms with Crippen molar-refractivity contribution < 1.29 is 0 Å². The molecule has 0 saturated carbocycles. The zero-order valence-electron chi connectivity index (χ0n) is 8.38. The molecule has 1 N–H and O–H groups in total. The number of rotatable bonds is 1. The summed E-state index contributed by atoms with van der Waals surface area (Å²) in [7, 11) is 0. The monoisotopic (exact) mass is 208 g/mol. The third kappa shape index (κ3) is 1.19. The van der Waals surface area contributed by atoms with Crippen molar-refractivity contribution in [2.24, 2.45) is 0 Å². The summed E-state index contributed by atoms with van der Waals surface area (Å²) in [5.74, 6) is 0. The molecule has 0 unspecified atom stereocenters. The molecule has 0 aliphatic heterocycles. The molecule has 0 amide bonds. The lowest BCUT2D eigenvalue weighted by atomic mass is 10.2. The Morgan fingerprint density at radius 2 is 2.25 bits per heavy atom. The Labute approximate surface area is 91.7 Å². The van der Waals surface area contributed by atoms with E-state index in [0.717, 1.165) is 16.6 Å². The van der Waals surface area contributed by atoms with Gasteiger partial charge in [-0.1, -0.05) is 0 Å². The zero-order chi connectivity index (χ0) is 11.0. The standard InChI is InChI=1S/C12H8N4/c13-7-11-2-1-5-16(11)10-4-3-9-8-14-15-12(9)6-10/h1-6,8H,(H,14,15). The van der Waals surface area contributed by atoms with Crippen molar-refractivity contribution in [3.05, 3.63) is 48.4 Å². The number of nitrogens with zero attached hydrogens (tertiary/aromatic N) is 3. The van der Waals surface area contributed by atoms with E-state index in [1.54, 1.807) is 12.3 Å². The summed E-state index contributed by atoms with van der Waals surface area (Å²) in [5, 5.41) is 16.9. The van der Waals surface area contributed by atoms with Gasteiger partial charge in [0, 0.05) is 17.3 Å². The topological polar surface area (TPSA) is 57.4 Å². The lowest BCUT2D eigenvalue weighted by Gasteiger charge is -2.04. The van der Waals surface area contributed by atoms with Crippen LogP contribution in [0.4, 0.5) is 0 Å². The second-order valence-corrected chi connectivity index (χ2v) is 3.52. The molecule has 0 bridgehead atoms. The minimum absolute atomic E-state index is 0.624. The predicted molar refractivity (Wildman–Crippen MR) is 60.1 cm³/mol. The van der Waals surface area contributed by atoms with E-state index in [1.807, 2.05) is 35.0 Å². The van der Waals surface area contributed by atoms with Crippen LogP contribution in [-0.2, 0) is 0 Å². The number of aromatic amines is 1. The first kappa shape index (κ1) is 8.74. The van der Waals surface area contributed by atoms with Gasteiger partial charge in [0.1, 0.15) is 11.8 Å². The van der Waals surface area contributed by atoms with Crippen LogP contribution in [0.1, 0.15) is 5.69 Å². The highest BCUT2D eigenvalue weighted by Gasteiger charge is 2.03. The lowest BCUT2D eigenvalue weighted by Crippen LogP contribution is -1.94. The molecular formula is C12H8N4. The van der Waals surface area contributed by atoms with E-state index in [9.17, 15) is 0 Å². The fraction of sp³-hybridized carbons (Fsp3) is 0. The Hall–Kier alpha value is -2.54. The summed E-state index contributed by atoms with van der Waals surface area (Å²) in [6, 6.07) is 11.7. The average molecular weight is 208 g/mol. The molecule has 0 aliphatic rings. The number of fused-ring (bicyclic) bond motifs is 1. The Balaban J connectivity index is 2.22. The number of hydrogen-bond donors (Lipinski definition) is 1. The van der Waals surface area contributed by atoms with Crippen LogP contribution in [0.25, 0.3) is 16.6 Å². The number of aromatic nitrogens is 3. The van der Waals surface area contributed by atoms with E-state index >= 15 is 0 Å². The molecule has 76 valence electrons. The van der Waals surface area contributed by atoms with Gasteiger partial charge in [-0.15, -0.1) is 0 Å². The van der Waals surface area contributed by atoms with E-state index in [-0.39, 0.29) is 0 Å². The summed E-state index contributed by atoms with van der Waals surface area (Å²) in [5.41, 5.74) is 2.55. The number of hydrogen-bond acceptors (Lipinski definition) is 2. The van der Waals surface area contributed by atoms with Crippen molar-refractivity contribution in [2.75, 3.05) is 0 Å². The van der Waals surface area contributed by atoms with Crippen LogP contribution in [-0.4, -0.2) is 14.8 Å². The van der Waals surface area contributed by atoms with Gasteiger partial charge in [0.05, 0.1) is 11.7 Å². The molecule has 16 heavy (non-hydrogen) atoms. The molecule has 3 aromatic rings. The SMILES string of the molecule is N#Cc1cccn1-c1ccc2cn[nH]c2c1. The van der Waals surface area contributed by atoms with Gasteiger partial charge in [0.25, 0.3) is 0 Å². The van der Waals surface area contributed by atoms with Crippen LogP contribution in [0.15, 0.2) is 42.7 Å². The summed E-state index contributed by atoms with van der Waals surface area (Å²) in [6.07, 6.45) is 3.65. The third-order valence-electron chi connectivity index (χ3n) is 2.57. The van der Waals surface area contributed by atoms with Crippen molar-refractivity contribution in [3.8, 4) is 11.8 Å². The molecule has 1 aromatic carbocycles. The molecule has 4 nitrogen and oxygen atoms in total. The Morgan fingerprint density at radius 3 is 3.12 bits per heavy atom. The molecule has 0 radical (unpaired) electrons. The fourth-order valence-electron chi connectivity index (χ4n) is 1.77. The highest BCUT2D eigenvalue weighted by molar-refractivity contribution is 5.80. The quantitative estimate of drug-likeness (QED) is 0.666. The lowest BCUT2D eigenvalue weighted by molar-refractivity contribution is 1.05. The predicted octanol–water partition coefficient (Wildman–Crippen LogP) is 2.23. The van der Waals surface area contributed by atoms with E-state index in [0.29, 0.717) is 5.69 Å². The fourth-order valence-corrected chi connectivity index (χ4v) is 1.77. The molecule has 0 fully saturated rings. The van der Waals surface area contributed by atoms with Gasteiger partial charge in [-0.25, -0.2) is 0 Å². The van der Waals surface area contributed by atoms with Crippen LogP contribution in [0.5, 0.6) is 0 Å². The summed E-state index contributed by atoms with van der Waals surface area (Å²) >= 11 is 0. The maximum atomic E-state index is 8.95. The number of H-pyrrole nitrogens is 1. The van der Waals surface area contributed by atoms with E-state index in [4.69, 9.17) is 5.26 Å². The van der Waals surface area contributed by atoms with Crippen molar-refractivity contribution in [2.45, 2.75) is 0 Å². The summed E-state index contributed by atoms with van der Waals surface area (Å²) in [6.45, 7) is 0. The molecule has 4 heteroatoms.